The molecule has 2 aliphatic carbocycles. The second kappa shape index (κ2) is 1.74. The molecule has 2 unspecified atom stereocenters. The maximum Gasteiger partial charge on any atom is 0.0758 e. The molecule has 0 spiro atoms. The lowest BCUT2D eigenvalue weighted by atomic mass is 9.95. The molecule has 1 nitrogen and oxygen atoms in total. The van der Waals surface area contributed by atoms with E-state index in [0.29, 0.717) is 0 Å². The van der Waals surface area contributed by atoms with Crippen molar-refractivity contribution in [2.45, 2.75) is 12.5 Å². The van der Waals surface area contributed by atoms with E-state index in [1.807, 2.05) is 12.2 Å². The lowest BCUT2D eigenvalue weighted by Gasteiger charge is -2.11. The predicted octanol–water partition coefficient (Wildman–Crippen LogP) is 0.867. The van der Waals surface area contributed by atoms with Crippen molar-refractivity contribution in [3.05, 3.63) is 23.3 Å². The van der Waals surface area contributed by atoms with Gasteiger partial charge >= 0.3 is 0 Å². The Labute approximate surface area is 60.1 Å². The molecule has 0 heterocycles. The molecule has 1 N–H and O–H groups in total. The van der Waals surface area contributed by atoms with E-state index in [-0.39, 0.29) is 12.0 Å². The van der Waals surface area contributed by atoms with Crippen molar-refractivity contribution in [1.29, 1.82) is 0 Å². The minimum absolute atomic E-state index is 0.0278. The fourth-order valence-corrected chi connectivity index (χ4v) is 1.54. The molecular weight excluding hydrogens is 124 g/mol. The van der Waals surface area contributed by atoms with Crippen LogP contribution in [0.3, 0.4) is 0 Å². The quantitative estimate of drug-likeness (QED) is 0.485. The Hall–Kier alpha value is -1.00. The summed E-state index contributed by atoms with van der Waals surface area (Å²) in [4.78, 5) is 0. The summed E-state index contributed by atoms with van der Waals surface area (Å²) in [6.45, 7) is 0. The normalized spacial score (nSPS) is 35.2. The number of rotatable bonds is 0. The average Bonchev–Trinajstić information content (AvgIpc) is 2.09. The molecule has 0 aliphatic heterocycles. The van der Waals surface area contributed by atoms with Crippen molar-refractivity contribution in [2.75, 3.05) is 0 Å². The van der Waals surface area contributed by atoms with E-state index < -0.39 is 0 Å². The Balaban J connectivity index is 2.28. The maximum absolute atomic E-state index is 9.35. The summed E-state index contributed by atoms with van der Waals surface area (Å²) in [6.07, 6.45) is 9.67. The fourth-order valence-electron chi connectivity index (χ4n) is 1.54. The minimum Gasteiger partial charge on any atom is -0.391 e. The van der Waals surface area contributed by atoms with Crippen molar-refractivity contribution in [1.82, 2.24) is 0 Å². The van der Waals surface area contributed by atoms with Gasteiger partial charge in [-0.25, -0.2) is 0 Å². The molecule has 0 aromatic carbocycles. The molecule has 0 bridgehead atoms. The van der Waals surface area contributed by atoms with Crippen LogP contribution in [0.15, 0.2) is 23.3 Å². The van der Waals surface area contributed by atoms with Crippen LogP contribution in [0, 0.1) is 18.3 Å². The van der Waals surface area contributed by atoms with Gasteiger partial charge < -0.3 is 5.11 Å². The predicted molar refractivity (Wildman–Crippen MR) is 39.1 cm³/mol. The maximum atomic E-state index is 9.35. The van der Waals surface area contributed by atoms with E-state index in [1.165, 1.54) is 11.1 Å². The smallest absolute Gasteiger partial charge is 0.0758 e. The highest BCUT2D eigenvalue weighted by Gasteiger charge is 2.32. The number of hydrogen-bond donors (Lipinski definition) is 1. The van der Waals surface area contributed by atoms with E-state index >= 15 is 0 Å². The summed E-state index contributed by atoms with van der Waals surface area (Å²) in [5, 5.41) is 9.35. The first-order valence-electron chi connectivity index (χ1n) is 3.38. The summed E-state index contributed by atoms with van der Waals surface area (Å²) in [5.41, 5.74) is 2.42. The Kier molecular flexibility index (Phi) is 1.00. The lowest BCUT2D eigenvalue weighted by molar-refractivity contribution is 0.163. The molecule has 2 rings (SSSR count). The van der Waals surface area contributed by atoms with Crippen LogP contribution in [0.4, 0.5) is 0 Å². The molecule has 0 aromatic heterocycles. The molecule has 0 saturated carbocycles. The number of hydrogen-bond acceptors (Lipinski definition) is 1. The second-order valence-electron chi connectivity index (χ2n) is 2.73. The van der Waals surface area contributed by atoms with Crippen molar-refractivity contribution in [3.8, 4) is 12.3 Å². The third-order valence-corrected chi connectivity index (χ3v) is 2.16. The summed E-state index contributed by atoms with van der Waals surface area (Å²) in [5.74, 6) is 2.56. The van der Waals surface area contributed by atoms with Gasteiger partial charge in [-0.15, -0.1) is 6.42 Å². The topological polar surface area (TPSA) is 20.2 Å². The molecule has 0 saturated heterocycles. The van der Waals surface area contributed by atoms with Gasteiger partial charge in [-0.3, -0.25) is 0 Å². The fraction of sp³-hybridized carbons (Fsp3) is 0.333. The summed E-state index contributed by atoms with van der Waals surface area (Å²) >= 11 is 0. The van der Waals surface area contributed by atoms with Gasteiger partial charge in [-0.2, -0.15) is 0 Å². The second-order valence-corrected chi connectivity index (χ2v) is 2.73. The Morgan fingerprint density at radius 1 is 1.60 bits per heavy atom. The molecule has 1 heteroatoms. The van der Waals surface area contributed by atoms with Crippen molar-refractivity contribution in [2.24, 2.45) is 5.92 Å². The molecule has 0 radical (unpaired) electrons. The van der Waals surface area contributed by atoms with Crippen LogP contribution in [0.2, 0.25) is 0 Å². The Morgan fingerprint density at radius 3 is 2.70 bits per heavy atom. The van der Waals surface area contributed by atoms with Gasteiger partial charge in [-0.05, 0) is 11.1 Å². The summed E-state index contributed by atoms with van der Waals surface area (Å²) in [6, 6.07) is 0. The van der Waals surface area contributed by atoms with Crippen LogP contribution < -0.4 is 0 Å². The van der Waals surface area contributed by atoms with Crippen LogP contribution in [-0.2, 0) is 0 Å². The first-order chi connectivity index (χ1) is 4.83. The SMILES string of the molecule is C#CC1C2=C(C=C2)CC1O. The molecule has 0 fully saturated rings. The zero-order valence-corrected chi connectivity index (χ0v) is 5.54. The minimum atomic E-state index is -0.329. The zero-order valence-electron chi connectivity index (χ0n) is 5.54. The van der Waals surface area contributed by atoms with Crippen LogP contribution in [0.5, 0.6) is 0 Å². The van der Waals surface area contributed by atoms with Gasteiger partial charge in [0.2, 0.25) is 0 Å². The van der Waals surface area contributed by atoms with Crippen molar-refractivity contribution >= 4 is 0 Å². The van der Waals surface area contributed by atoms with E-state index in [2.05, 4.69) is 5.92 Å². The highest BCUT2D eigenvalue weighted by Crippen LogP contribution is 2.38. The first-order valence-corrected chi connectivity index (χ1v) is 3.38. The number of allylic oxidation sites excluding steroid dienone is 2. The van der Waals surface area contributed by atoms with Crippen LogP contribution in [-0.4, -0.2) is 11.2 Å². The Morgan fingerprint density at radius 2 is 2.40 bits per heavy atom. The number of aliphatic hydroxyl groups excluding tert-OH is 1. The molecule has 10 heavy (non-hydrogen) atoms. The van der Waals surface area contributed by atoms with Gasteiger partial charge in [0.15, 0.2) is 0 Å². The van der Waals surface area contributed by atoms with Gasteiger partial charge in [0.1, 0.15) is 0 Å². The van der Waals surface area contributed by atoms with Crippen molar-refractivity contribution in [3.63, 3.8) is 0 Å². The zero-order chi connectivity index (χ0) is 7.14. The highest BCUT2D eigenvalue weighted by atomic mass is 16.3. The van der Waals surface area contributed by atoms with Crippen LogP contribution in [0.25, 0.3) is 0 Å². The van der Waals surface area contributed by atoms with E-state index in [9.17, 15) is 5.11 Å². The summed E-state index contributed by atoms with van der Waals surface area (Å²) in [7, 11) is 0. The average molecular weight is 132 g/mol. The highest BCUT2D eigenvalue weighted by molar-refractivity contribution is 5.52. The van der Waals surface area contributed by atoms with Gasteiger partial charge in [0.05, 0.1) is 12.0 Å². The lowest BCUT2D eigenvalue weighted by Crippen LogP contribution is -2.13. The van der Waals surface area contributed by atoms with Gasteiger partial charge in [-0.1, -0.05) is 18.1 Å². The van der Waals surface area contributed by atoms with E-state index in [4.69, 9.17) is 6.42 Å². The third-order valence-electron chi connectivity index (χ3n) is 2.16. The van der Waals surface area contributed by atoms with Crippen LogP contribution in [0.1, 0.15) is 6.42 Å². The van der Waals surface area contributed by atoms with Gasteiger partial charge in [0.25, 0.3) is 0 Å². The van der Waals surface area contributed by atoms with Gasteiger partial charge in [0, 0.05) is 6.42 Å². The largest absolute Gasteiger partial charge is 0.391 e. The first kappa shape index (κ1) is 5.76. The summed E-state index contributed by atoms with van der Waals surface area (Å²) < 4.78 is 0. The monoisotopic (exact) mass is 132 g/mol. The molecule has 50 valence electrons. The molecule has 0 aromatic rings. The molecule has 2 aliphatic rings. The molecular formula is C9H8O. The van der Waals surface area contributed by atoms with Crippen LogP contribution >= 0.6 is 0 Å². The number of aliphatic hydroxyl groups is 1. The van der Waals surface area contributed by atoms with E-state index in [0.717, 1.165) is 6.42 Å². The Bertz CT molecular complexity index is 265. The standard InChI is InChI=1S/C9H8O/c1-2-7-8-4-3-6(8)5-9(7)10/h1,3-4,7,9-10H,5H2. The van der Waals surface area contributed by atoms with Crippen molar-refractivity contribution < 1.29 is 5.11 Å². The molecule has 0 amide bonds. The number of terminal acetylenes is 1. The molecule has 2 atom stereocenters. The van der Waals surface area contributed by atoms with E-state index in [1.54, 1.807) is 0 Å². The third kappa shape index (κ3) is 0.521.